The fraction of sp³-hybridized carbons (Fsp3) is 0.727. The first-order chi connectivity index (χ1) is 7.22. The molecule has 4 heteroatoms. The van der Waals surface area contributed by atoms with Crippen LogP contribution in [0.1, 0.15) is 26.2 Å². The van der Waals surface area contributed by atoms with Crippen LogP contribution in [0.2, 0.25) is 0 Å². The fourth-order valence-electron chi connectivity index (χ4n) is 1.06. The SMILES string of the molecule is C#CCSCCNC(=O)[C@@H](N)CCCC. The van der Waals surface area contributed by atoms with Gasteiger partial charge >= 0.3 is 0 Å². The number of terminal acetylenes is 1. The third-order valence-corrected chi connectivity index (χ3v) is 2.80. The van der Waals surface area contributed by atoms with E-state index in [9.17, 15) is 4.79 Å². The Balaban J connectivity index is 3.43. The van der Waals surface area contributed by atoms with Gasteiger partial charge in [-0.25, -0.2) is 0 Å². The van der Waals surface area contributed by atoms with E-state index in [1.165, 1.54) is 0 Å². The Bertz CT molecular complexity index is 213. The summed E-state index contributed by atoms with van der Waals surface area (Å²) in [4.78, 5) is 11.4. The molecule has 0 aromatic carbocycles. The topological polar surface area (TPSA) is 55.1 Å². The molecule has 0 aromatic rings. The first kappa shape index (κ1) is 14.3. The summed E-state index contributed by atoms with van der Waals surface area (Å²) in [5, 5.41) is 2.80. The summed E-state index contributed by atoms with van der Waals surface area (Å²) in [6, 6.07) is -0.359. The molecular weight excluding hydrogens is 208 g/mol. The van der Waals surface area contributed by atoms with E-state index in [4.69, 9.17) is 12.2 Å². The van der Waals surface area contributed by atoms with E-state index in [1.54, 1.807) is 11.8 Å². The minimum Gasteiger partial charge on any atom is -0.354 e. The average molecular weight is 228 g/mol. The van der Waals surface area contributed by atoms with Crippen LogP contribution >= 0.6 is 11.8 Å². The van der Waals surface area contributed by atoms with E-state index in [0.717, 1.165) is 25.0 Å². The van der Waals surface area contributed by atoms with Gasteiger partial charge in [0.2, 0.25) is 5.91 Å². The maximum absolute atomic E-state index is 11.4. The van der Waals surface area contributed by atoms with Crippen molar-refractivity contribution in [1.82, 2.24) is 5.32 Å². The summed E-state index contributed by atoms with van der Waals surface area (Å²) >= 11 is 1.63. The summed E-state index contributed by atoms with van der Waals surface area (Å²) in [6.45, 7) is 2.73. The van der Waals surface area contributed by atoms with Crippen LogP contribution in [0.15, 0.2) is 0 Å². The molecule has 0 bridgehead atoms. The Kier molecular flexibility index (Phi) is 9.44. The Morgan fingerprint density at radius 1 is 1.67 bits per heavy atom. The molecule has 0 unspecified atom stereocenters. The number of nitrogens with one attached hydrogen (secondary N) is 1. The van der Waals surface area contributed by atoms with E-state index < -0.39 is 0 Å². The van der Waals surface area contributed by atoms with E-state index in [-0.39, 0.29) is 11.9 Å². The van der Waals surface area contributed by atoms with Crippen molar-refractivity contribution in [3.63, 3.8) is 0 Å². The predicted octanol–water partition coefficient (Wildman–Crippen LogP) is 0.986. The number of rotatable bonds is 8. The molecule has 0 aliphatic heterocycles. The lowest BCUT2D eigenvalue weighted by atomic mass is 10.1. The van der Waals surface area contributed by atoms with Crippen LogP contribution in [0.4, 0.5) is 0 Å². The lowest BCUT2D eigenvalue weighted by Gasteiger charge is -2.11. The standard InChI is InChI=1S/C11H20N2OS/c1-3-5-6-10(12)11(14)13-7-9-15-8-4-2/h2,10H,3,5-9,12H2,1H3,(H,13,14)/t10-/m0/s1. The Labute approximate surface area is 96.6 Å². The van der Waals surface area contributed by atoms with Gasteiger partial charge < -0.3 is 11.1 Å². The molecule has 0 fully saturated rings. The van der Waals surface area contributed by atoms with E-state index in [2.05, 4.69) is 18.2 Å². The third-order valence-electron chi connectivity index (χ3n) is 1.94. The Hall–Kier alpha value is -0.660. The van der Waals surface area contributed by atoms with Crippen molar-refractivity contribution < 1.29 is 4.79 Å². The van der Waals surface area contributed by atoms with Crippen LogP contribution in [0.25, 0.3) is 0 Å². The molecule has 0 spiro atoms. The first-order valence-corrected chi connectivity index (χ1v) is 6.42. The minimum absolute atomic E-state index is 0.0512. The summed E-state index contributed by atoms with van der Waals surface area (Å²) in [5.74, 6) is 4.02. The average Bonchev–Trinajstić information content (AvgIpc) is 2.25. The van der Waals surface area contributed by atoms with Gasteiger partial charge in [0.15, 0.2) is 0 Å². The second-order valence-corrected chi connectivity index (χ2v) is 4.40. The molecule has 15 heavy (non-hydrogen) atoms. The molecule has 0 saturated carbocycles. The molecule has 86 valence electrons. The van der Waals surface area contributed by atoms with Gasteiger partial charge in [0, 0.05) is 12.3 Å². The van der Waals surface area contributed by atoms with Crippen molar-refractivity contribution in [1.29, 1.82) is 0 Å². The van der Waals surface area contributed by atoms with E-state index >= 15 is 0 Å². The Morgan fingerprint density at radius 3 is 3.00 bits per heavy atom. The molecule has 1 amide bonds. The molecule has 0 saturated heterocycles. The molecule has 0 radical (unpaired) electrons. The van der Waals surface area contributed by atoms with Gasteiger partial charge in [0.1, 0.15) is 0 Å². The lowest BCUT2D eigenvalue weighted by molar-refractivity contribution is -0.122. The summed E-state index contributed by atoms with van der Waals surface area (Å²) in [5.41, 5.74) is 5.69. The normalized spacial score (nSPS) is 11.8. The van der Waals surface area contributed by atoms with Gasteiger partial charge in [-0.3, -0.25) is 4.79 Å². The summed E-state index contributed by atoms with van der Waals surface area (Å²) in [7, 11) is 0. The monoisotopic (exact) mass is 228 g/mol. The molecule has 0 aliphatic rings. The van der Waals surface area contributed by atoms with Crippen LogP contribution in [-0.4, -0.2) is 30.0 Å². The lowest BCUT2D eigenvalue weighted by Crippen LogP contribution is -2.41. The smallest absolute Gasteiger partial charge is 0.236 e. The van der Waals surface area contributed by atoms with Crippen LogP contribution in [0, 0.1) is 12.3 Å². The summed E-state index contributed by atoms with van der Waals surface area (Å²) < 4.78 is 0. The van der Waals surface area contributed by atoms with Crippen LogP contribution in [-0.2, 0) is 4.79 Å². The van der Waals surface area contributed by atoms with Crippen molar-refractivity contribution >= 4 is 17.7 Å². The van der Waals surface area contributed by atoms with Gasteiger partial charge in [-0.15, -0.1) is 18.2 Å². The zero-order chi connectivity index (χ0) is 11.5. The highest BCUT2D eigenvalue weighted by Gasteiger charge is 2.11. The van der Waals surface area contributed by atoms with Gasteiger partial charge in [-0.1, -0.05) is 25.7 Å². The first-order valence-electron chi connectivity index (χ1n) is 5.26. The highest BCUT2D eigenvalue weighted by Crippen LogP contribution is 1.99. The molecule has 0 aliphatic carbocycles. The number of carbonyl (C=O) groups excluding carboxylic acids is 1. The quantitative estimate of drug-likeness (QED) is 0.481. The molecule has 0 heterocycles. The number of thioether (sulfide) groups is 1. The van der Waals surface area contributed by atoms with Crippen molar-refractivity contribution in [2.75, 3.05) is 18.1 Å². The van der Waals surface area contributed by atoms with Gasteiger partial charge in [-0.2, -0.15) is 0 Å². The van der Waals surface area contributed by atoms with Crippen molar-refractivity contribution in [3.8, 4) is 12.3 Å². The van der Waals surface area contributed by atoms with Crippen LogP contribution in [0.3, 0.4) is 0 Å². The second-order valence-electron chi connectivity index (χ2n) is 3.30. The summed E-state index contributed by atoms with van der Waals surface area (Å²) in [6.07, 6.45) is 7.93. The highest BCUT2D eigenvalue weighted by atomic mass is 32.2. The van der Waals surface area contributed by atoms with Crippen molar-refractivity contribution in [2.24, 2.45) is 5.73 Å². The highest BCUT2D eigenvalue weighted by molar-refractivity contribution is 7.99. The van der Waals surface area contributed by atoms with Crippen LogP contribution in [0.5, 0.6) is 0 Å². The molecule has 0 rings (SSSR count). The maximum atomic E-state index is 11.4. The predicted molar refractivity (Wildman–Crippen MR) is 66.7 cm³/mol. The molecule has 3 nitrogen and oxygen atoms in total. The number of unbranched alkanes of at least 4 members (excludes halogenated alkanes) is 1. The zero-order valence-electron chi connectivity index (χ0n) is 9.29. The molecule has 1 atom stereocenters. The number of nitrogens with two attached hydrogens (primary N) is 1. The molecule has 3 N–H and O–H groups in total. The van der Waals surface area contributed by atoms with Crippen LogP contribution < -0.4 is 11.1 Å². The minimum atomic E-state index is -0.359. The largest absolute Gasteiger partial charge is 0.354 e. The number of hydrogen-bond donors (Lipinski definition) is 2. The van der Waals surface area contributed by atoms with Gasteiger partial charge in [-0.05, 0) is 6.42 Å². The van der Waals surface area contributed by atoms with E-state index in [1.807, 2.05) is 0 Å². The molecule has 0 aromatic heterocycles. The van der Waals surface area contributed by atoms with E-state index in [0.29, 0.717) is 12.3 Å². The number of hydrogen-bond acceptors (Lipinski definition) is 3. The Morgan fingerprint density at radius 2 is 2.40 bits per heavy atom. The molecular formula is C11H20N2OS. The fourth-order valence-corrected chi connectivity index (χ4v) is 1.57. The second kappa shape index (κ2) is 9.88. The van der Waals surface area contributed by atoms with Gasteiger partial charge in [0.05, 0.1) is 11.8 Å². The third kappa shape index (κ3) is 8.34. The van der Waals surface area contributed by atoms with Gasteiger partial charge in [0.25, 0.3) is 0 Å². The zero-order valence-corrected chi connectivity index (χ0v) is 10.1. The van der Waals surface area contributed by atoms with Crippen molar-refractivity contribution in [2.45, 2.75) is 32.2 Å². The number of carbonyl (C=O) groups is 1. The maximum Gasteiger partial charge on any atom is 0.236 e. The van der Waals surface area contributed by atoms with Crippen molar-refractivity contribution in [3.05, 3.63) is 0 Å². The number of amides is 1.